The van der Waals surface area contributed by atoms with E-state index in [1.165, 1.54) is 6.07 Å². The molecule has 1 N–H and O–H groups in total. The van der Waals surface area contributed by atoms with Gasteiger partial charge in [-0.05, 0) is 32.0 Å². The monoisotopic (exact) mass is 241 g/mol. The standard InChI is InChI=1S/C11H12ClNO3/c1-7(2)16-10-4-3-8(5-9(10)12)11(13)15-6-14/h3-7,13H,1-2H3. The number of hydrogen-bond acceptors (Lipinski definition) is 4. The summed E-state index contributed by atoms with van der Waals surface area (Å²) in [4.78, 5) is 10.1. The molecule has 1 aromatic rings. The summed E-state index contributed by atoms with van der Waals surface area (Å²) in [6.07, 6.45) is 0.0222. The van der Waals surface area contributed by atoms with Crippen molar-refractivity contribution < 1.29 is 14.3 Å². The molecule has 0 aromatic heterocycles. The van der Waals surface area contributed by atoms with E-state index in [2.05, 4.69) is 4.74 Å². The molecule has 0 radical (unpaired) electrons. The Bertz CT molecular complexity index is 404. The molecule has 0 atom stereocenters. The van der Waals surface area contributed by atoms with Gasteiger partial charge in [0.15, 0.2) is 0 Å². The molecule has 86 valence electrons. The molecule has 0 saturated carbocycles. The molecular weight excluding hydrogens is 230 g/mol. The van der Waals surface area contributed by atoms with Crippen LogP contribution in [0.4, 0.5) is 0 Å². The van der Waals surface area contributed by atoms with Crippen molar-refractivity contribution in [3.8, 4) is 5.75 Å². The van der Waals surface area contributed by atoms with Gasteiger partial charge in [-0.3, -0.25) is 10.2 Å². The quantitative estimate of drug-likeness (QED) is 0.501. The van der Waals surface area contributed by atoms with E-state index in [0.717, 1.165) is 0 Å². The maximum absolute atomic E-state index is 10.1. The molecule has 0 aliphatic rings. The number of ether oxygens (including phenoxy) is 2. The van der Waals surface area contributed by atoms with Gasteiger partial charge in [-0.25, -0.2) is 0 Å². The number of halogens is 1. The van der Waals surface area contributed by atoms with Gasteiger partial charge < -0.3 is 9.47 Å². The van der Waals surface area contributed by atoms with Crippen LogP contribution in [0.25, 0.3) is 0 Å². The van der Waals surface area contributed by atoms with Crippen molar-refractivity contribution in [3.05, 3.63) is 28.8 Å². The highest BCUT2D eigenvalue weighted by Gasteiger charge is 2.08. The molecular formula is C11H12ClNO3. The van der Waals surface area contributed by atoms with Crippen LogP contribution in [0.3, 0.4) is 0 Å². The van der Waals surface area contributed by atoms with Crippen LogP contribution < -0.4 is 4.74 Å². The summed E-state index contributed by atoms with van der Waals surface area (Å²) in [5, 5.41) is 7.77. The Morgan fingerprint density at radius 1 is 1.50 bits per heavy atom. The predicted octanol–water partition coefficient (Wildman–Crippen LogP) is 2.63. The Hall–Kier alpha value is -1.55. The van der Waals surface area contributed by atoms with Crippen LogP contribution in [-0.4, -0.2) is 18.5 Å². The predicted molar refractivity (Wildman–Crippen MR) is 61.2 cm³/mol. The highest BCUT2D eigenvalue weighted by molar-refractivity contribution is 6.32. The maximum Gasteiger partial charge on any atom is 0.299 e. The van der Waals surface area contributed by atoms with Crippen molar-refractivity contribution in [2.45, 2.75) is 20.0 Å². The van der Waals surface area contributed by atoms with E-state index < -0.39 is 0 Å². The smallest absolute Gasteiger partial charge is 0.299 e. The summed E-state index contributed by atoms with van der Waals surface area (Å²) < 4.78 is 9.83. The first kappa shape index (κ1) is 12.5. The number of hydrogen-bond donors (Lipinski definition) is 1. The summed E-state index contributed by atoms with van der Waals surface area (Å²) in [7, 11) is 0. The fraction of sp³-hybridized carbons (Fsp3) is 0.273. The van der Waals surface area contributed by atoms with E-state index in [1.807, 2.05) is 13.8 Å². The first-order valence-electron chi connectivity index (χ1n) is 4.70. The van der Waals surface area contributed by atoms with Gasteiger partial charge in [-0.1, -0.05) is 11.6 Å². The molecule has 0 aliphatic carbocycles. The van der Waals surface area contributed by atoms with Gasteiger partial charge in [0.05, 0.1) is 11.1 Å². The number of nitrogens with one attached hydrogen (secondary N) is 1. The number of carbonyl (C=O) groups excluding carboxylic acids is 1. The van der Waals surface area contributed by atoms with Gasteiger partial charge in [0.1, 0.15) is 5.75 Å². The topological polar surface area (TPSA) is 59.4 Å². The van der Waals surface area contributed by atoms with Gasteiger partial charge in [0, 0.05) is 5.56 Å². The lowest BCUT2D eigenvalue weighted by atomic mass is 10.2. The molecule has 1 aromatic carbocycles. The lowest BCUT2D eigenvalue weighted by Gasteiger charge is -2.11. The van der Waals surface area contributed by atoms with Crippen LogP contribution in [0.2, 0.25) is 5.02 Å². The molecule has 0 amide bonds. The molecule has 16 heavy (non-hydrogen) atoms. The third kappa shape index (κ3) is 3.24. The van der Waals surface area contributed by atoms with Crippen LogP contribution in [0, 0.1) is 5.41 Å². The van der Waals surface area contributed by atoms with E-state index in [4.69, 9.17) is 21.7 Å². The van der Waals surface area contributed by atoms with Crippen LogP contribution in [0.5, 0.6) is 5.75 Å². The Labute approximate surface area is 98.6 Å². The Morgan fingerprint density at radius 2 is 2.19 bits per heavy atom. The Kier molecular flexibility index (Phi) is 4.31. The summed E-state index contributed by atoms with van der Waals surface area (Å²) in [5.41, 5.74) is 0.424. The molecule has 0 aliphatic heterocycles. The van der Waals surface area contributed by atoms with Crippen LogP contribution in [0.1, 0.15) is 19.4 Å². The molecule has 1 rings (SSSR count). The molecule has 5 heteroatoms. The van der Waals surface area contributed by atoms with Crippen molar-refractivity contribution in [2.75, 3.05) is 0 Å². The second-order valence-corrected chi connectivity index (χ2v) is 3.76. The second-order valence-electron chi connectivity index (χ2n) is 3.36. The van der Waals surface area contributed by atoms with E-state index in [1.54, 1.807) is 12.1 Å². The number of benzene rings is 1. The molecule has 4 nitrogen and oxygen atoms in total. The van der Waals surface area contributed by atoms with Gasteiger partial charge in [0.2, 0.25) is 5.90 Å². The average Bonchev–Trinajstić information content (AvgIpc) is 2.20. The molecule has 0 spiro atoms. The van der Waals surface area contributed by atoms with Crippen LogP contribution in [-0.2, 0) is 9.53 Å². The minimum atomic E-state index is -0.243. The van der Waals surface area contributed by atoms with Crippen molar-refractivity contribution in [1.82, 2.24) is 0 Å². The van der Waals surface area contributed by atoms with Gasteiger partial charge in [-0.2, -0.15) is 0 Å². The summed E-state index contributed by atoms with van der Waals surface area (Å²) in [5.74, 6) is 0.298. The molecule has 0 unspecified atom stereocenters. The number of rotatable bonds is 4. The van der Waals surface area contributed by atoms with Gasteiger partial charge in [-0.15, -0.1) is 0 Å². The lowest BCUT2D eigenvalue weighted by molar-refractivity contribution is -0.121. The minimum Gasteiger partial charge on any atom is -0.489 e. The molecule has 0 fully saturated rings. The molecule has 0 heterocycles. The van der Waals surface area contributed by atoms with Crippen LogP contribution >= 0.6 is 11.6 Å². The van der Waals surface area contributed by atoms with E-state index in [0.29, 0.717) is 16.3 Å². The van der Waals surface area contributed by atoms with Gasteiger partial charge >= 0.3 is 0 Å². The van der Waals surface area contributed by atoms with Crippen molar-refractivity contribution >= 4 is 24.0 Å². The summed E-state index contributed by atoms with van der Waals surface area (Å²) in [6, 6.07) is 4.76. The van der Waals surface area contributed by atoms with Gasteiger partial charge in [0.25, 0.3) is 6.47 Å². The fourth-order valence-corrected chi connectivity index (χ4v) is 1.33. The maximum atomic E-state index is 10.1. The first-order valence-corrected chi connectivity index (χ1v) is 5.08. The zero-order chi connectivity index (χ0) is 12.1. The lowest BCUT2D eigenvalue weighted by Crippen LogP contribution is -2.07. The van der Waals surface area contributed by atoms with Crippen molar-refractivity contribution in [1.29, 1.82) is 5.41 Å². The number of carbonyl (C=O) groups is 1. The summed E-state index contributed by atoms with van der Waals surface area (Å²) >= 11 is 5.95. The largest absolute Gasteiger partial charge is 0.489 e. The zero-order valence-electron chi connectivity index (χ0n) is 8.99. The average molecular weight is 242 g/mol. The Balaban J connectivity index is 2.90. The van der Waals surface area contributed by atoms with Crippen molar-refractivity contribution in [2.24, 2.45) is 0 Å². The van der Waals surface area contributed by atoms with E-state index in [-0.39, 0.29) is 18.5 Å². The zero-order valence-corrected chi connectivity index (χ0v) is 9.75. The molecule has 0 bridgehead atoms. The highest BCUT2D eigenvalue weighted by atomic mass is 35.5. The van der Waals surface area contributed by atoms with E-state index >= 15 is 0 Å². The fourth-order valence-electron chi connectivity index (χ4n) is 1.11. The minimum absolute atomic E-state index is 0.0222. The normalized spacial score (nSPS) is 10.0. The molecule has 0 saturated heterocycles. The highest BCUT2D eigenvalue weighted by Crippen LogP contribution is 2.26. The SMILES string of the molecule is CC(C)Oc1ccc(C(=N)OC=O)cc1Cl. The Morgan fingerprint density at radius 3 is 2.69 bits per heavy atom. The third-order valence-corrected chi connectivity index (χ3v) is 2.02. The third-order valence-electron chi connectivity index (χ3n) is 1.72. The van der Waals surface area contributed by atoms with Crippen LogP contribution in [0.15, 0.2) is 18.2 Å². The second kappa shape index (κ2) is 5.51. The first-order chi connectivity index (χ1) is 7.54. The summed E-state index contributed by atoms with van der Waals surface area (Å²) in [6.45, 7) is 3.98. The van der Waals surface area contributed by atoms with E-state index in [9.17, 15) is 4.79 Å². The van der Waals surface area contributed by atoms with Crippen molar-refractivity contribution in [3.63, 3.8) is 0 Å².